The van der Waals surface area contributed by atoms with E-state index < -0.39 is 11.7 Å². The molecule has 0 bridgehead atoms. The first kappa shape index (κ1) is 16.3. The molecule has 1 saturated carbocycles. The largest absolute Gasteiger partial charge is 0.416 e. The molecule has 1 nitrogen and oxygen atoms in total. The van der Waals surface area contributed by atoms with Crippen LogP contribution in [0.4, 0.5) is 13.2 Å². The molecule has 0 atom stereocenters. The molecule has 1 N–H and O–H groups in total. The van der Waals surface area contributed by atoms with E-state index in [-0.39, 0.29) is 5.41 Å². The van der Waals surface area contributed by atoms with Gasteiger partial charge in [0.05, 0.1) is 5.56 Å². The molecule has 0 radical (unpaired) electrons. The van der Waals surface area contributed by atoms with Gasteiger partial charge < -0.3 is 5.32 Å². The third-order valence-electron chi connectivity index (χ3n) is 4.68. The number of halogens is 3. The van der Waals surface area contributed by atoms with Crippen LogP contribution in [0.5, 0.6) is 0 Å². The Kier molecular flexibility index (Phi) is 4.97. The van der Waals surface area contributed by atoms with E-state index in [1.807, 2.05) is 6.07 Å². The molecule has 0 saturated heterocycles. The fraction of sp³-hybridized carbons (Fsp3) is 0.647. The molecule has 1 aromatic carbocycles. The van der Waals surface area contributed by atoms with Gasteiger partial charge in [0, 0.05) is 12.6 Å². The van der Waals surface area contributed by atoms with Gasteiger partial charge in [0.1, 0.15) is 0 Å². The van der Waals surface area contributed by atoms with Gasteiger partial charge in [0.15, 0.2) is 0 Å². The minimum Gasteiger partial charge on any atom is -0.313 e. The molecular weight excluding hydrogens is 275 g/mol. The molecular formula is C17H24F3N. The molecule has 0 aliphatic heterocycles. The molecule has 0 heterocycles. The van der Waals surface area contributed by atoms with Gasteiger partial charge in [-0.1, -0.05) is 32.0 Å². The molecule has 118 valence electrons. The van der Waals surface area contributed by atoms with E-state index in [0.29, 0.717) is 12.5 Å². The first-order valence-corrected chi connectivity index (χ1v) is 7.78. The van der Waals surface area contributed by atoms with E-state index in [2.05, 4.69) is 19.2 Å². The highest BCUT2D eigenvalue weighted by Crippen LogP contribution is 2.34. The maximum atomic E-state index is 12.8. The smallest absolute Gasteiger partial charge is 0.313 e. The van der Waals surface area contributed by atoms with Crippen molar-refractivity contribution in [3.63, 3.8) is 0 Å². The number of hydrogen-bond acceptors (Lipinski definition) is 1. The molecule has 1 fully saturated rings. The van der Waals surface area contributed by atoms with Crippen LogP contribution < -0.4 is 5.32 Å². The Hall–Kier alpha value is -1.03. The van der Waals surface area contributed by atoms with Gasteiger partial charge in [-0.05, 0) is 49.1 Å². The average Bonchev–Trinajstić information content (AvgIpc) is 3.27. The first-order valence-electron chi connectivity index (χ1n) is 7.78. The highest BCUT2D eigenvalue weighted by molar-refractivity contribution is 5.26. The number of benzene rings is 1. The van der Waals surface area contributed by atoms with Gasteiger partial charge in [-0.15, -0.1) is 0 Å². The molecule has 0 unspecified atom stereocenters. The molecule has 0 aromatic heterocycles. The molecule has 2 rings (SSSR count). The third-order valence-corrected chi connectivity index (χ3v) is 4.68. The second kappa shape index (κ2) is 6.39. The average molecular weight is 299 g/mol. The van der Waals surface area contributed by atoms with Gasteiger partial charge in [0.25, 0.3) is 0 Å². The second-order valence-electron chi connectivity index (χ2n) is 6.24. The number of rotatable bonds is 7. The maximum Gasteiger partial charge on any atom is 0.416 e. The highest BCUT2D eigenvalue weighted by atomic mass is 19.4. The summed E-state index contributed by atoms with van der Waals surface area (Å²) in [7, 11) is 0. The molecule has 1 aliphatic carbocycles. The summed E-state index contributed by atoms with van der Waals surface area (Å²) >= 11 is 0. The van der Waals surface area contributed by atoms with Crippen LogP contribution in [0.3, 0.4) is 0 Å². The zero-order chi connectivity index (χ0) is 15.5. The summed E-state index contributed by atoms with van der Waals surface area (Å²) in [5.41, 5.74) is 0.287. The number of hydrogen-bond donors (Lipinski definition) is 1. The molecule has 1 aromatic rings. The first-order chi connectivity index (χ1) is 9.88. The van der Waals surface area contributed by atoms with E-state index in [9.17, 15) is 13.2 Å². The summed E-state index contributed by atoms with van der Waals surface area (Å²) in [5, 5.41) is 3.54. The van der Waals surface area contributed by atoms with Crippen molar-refractivity contribution in [3.05, 3.63) is 35.4 Å². The summed E-state index contributed by atoms with van der Waals surface area (Å²) in [6.07, 6.45) is 0.839. The predicted octanol–water partition coefficient (Wildman–Crippen LogP) is 4.81. The van der Waals surface area contributed by atoms with E-state index in [4.69, 9.17) is 0 Å². The van der Waals surface area contributed by atoms with Crippen molar-refractivity contribution in [1.29, 1.82) is 0 Å². The topological polar surface area (TPSA) is 12.0 Å². The summed E-state index contributed by atoms with van der Waals surface area (Å²) in [4.78, 5) is 0. The van der Waals surface area contributed by atoms with E-state index in [1.165, 1.54) is 25.0 Å². The van der Waals surface area contributed by atoms with Gasteiger partial charge in [-0.2, -0.15) is 13.2 Å². The van der Waals surface area contributed by atoms with Crippen LogP contribution in [-0.4, -0.2) is 12.6 Å². The van der Waals surface area contributed by atoms with Crippen molar-refractivity contribution in [3.8, 4) is 0 Å². The van der Waals surface area contributed by atoms with Gasteiger partial charge in [-0.3, -0.25) is 0 Å². The van der Waals surface area contributed by atoms with E-state index in [1.54, 1.807) is 0 Å². The lowest BCUT2D eigenvalue weighted by Crippen LogP contribution is -2.36. The molecule has 0 spiro atoms. The fourth-order valence-corrected chi connectivity index (χ4v) is 2.75. The van der Waals surface area contributed by atoms with Crippen LogP contribution in [-0.2, 0) is 12.6 Å². The monoisotopic (exact) mass is 299 g/mol. The predicted molar refractivity (Wildman–Crippen MR) is 79.2 cm³/mol. The molecule has 4 heteroatoms. The van der Waals surface area contributed by atoms with Crippen LogP contribution in [0.1, 0.15) is 50.7 Å². The molecule has 21 heavy (non-hydrogen) atoms. The Morgan fingerprint density at radius 3 is 2.33 bits per heavy atom. The van der Waals surface area contributed by atoms with Crippen molar-refractivity contribution >= 4 is 0 Å². The van der Waals surface area contributed by atoms with Crippen LogP contribution in [0, 0.1) is 5.41 Å². The molecule has 1 aliphatic rings. The molecule has 0 amide bonds. The summed E-state index contributed by atoms with van der Waals surface area (Å²) in [6, 6.07) is 6.40. The van der Waals surface area contributed by atoms with E-state index >= 15 is 0 Å². The van der Waals surface area contributed by atoms with Crippen molar-refractivity contribution in [2.75, 3.05) is 6.54 Å². The van der Waals surface area contributed by atoms with Crippen molar-refractivity contribution in [1.82, 2.24) is 5.32 Å². The van der Waals surface area contributed by atoms with Gasteiger partial charge >= 0.3 is 6.18 Å². The minimum atomic E-state index is -4.26. The minimum absolute atomic E-state index is 0.0484. The normalized spacial score (nSPS) is 16.2. The van der Waals surface area contributed by atoms with Gasteiger partial charge in [0.2, 0.25) is 0 Å². The Balaban J connectivity index is 2.11. The zero-order valence-corrected chi connectivity index (χ0v) is 12.8. The Morgan fingerprint density at radius 1 is 1.14 bits per heavy atom. The van der Waals surface area contributed by atoms with Crippen LogP contribution in [0.25, 0.3) is 0 Å². The van der Waals surface area contributed by atoms with Gasteiger partial charge in [-0.25, -0.2) is 0 Å². The Labute approximate surface area is 124 Å². The third kappa shape index (κ3) is 4.47. The summed E-state index contributed by atoms with van der Waals surface area (Å²) in [6.45, 7) is 5.15. The lowest BCUT2D eigenvalue weighted by Gasteiger charge is -2.32. The van der Waals surface area contributed by atoms with Crippen LogP contribution >= 0.6 is 0 Å². The second-order valence-corrected chi connectivity index (χ2v) is 6.24. The van der Waals surface area contributed by atoms with Crippen LogP contribution in [0.2, 0.25) is 0 Å². The fourth-order valence-electron chi connectivity index (χ4n) is 2.75. The lowest BCUT2D eigenvalue weighted by atomic mass is 9.76. The summed E-state index contributed by atoms with van der Waals surface area (Å²) in [5.74, 6) is 0. The quantitative estimate of drug-likeness (QED) is 0.762. The maximum absolute atomic E-state index is 12.8. The van der Waals surface area contributed by atoms with E-state index in [0.717, 1.165) is 31.0 Å². The van der Waals surface area contributed by atoms with Crippen LogP contribution in [0.15, 0.2) is 24.3 Å². The number of alkyl halides is 3. The van der Waals surface area contributed by atoms with Crippen molar-refractivity contribution in [2.45, 2.75) is 58.2 Å². The Morgan fingerprint density at radius 2 is 1.81 bits per heavy atom. The Bertz CT molecular complexity index is 459. The highest BCUT2D eigenvalue weighted by Gasteiger charge is 2.33. The summed E-state index contributed by atoms with van der Waals surface area (Å²) < 4.78 is 38.4. The SMILES string of the molecule is CCC(CC)(CNC1CC1)Cc1cccc(C(F)(F)F)c1. The lowest BCUT2D eigenvalue weighted by molar-refractivity contribution is -0.137. The number of nitrogens with one attached hydrogen (secondary N) is 1. The van der Waals surface area contributed by atoms with Crippen molar-refractivity contribution in [2.24, 2.45) is 5.41 Å². The van der Waals surface area contributed by atoms with Crippen molar-refractivity contribution < 1.29 is 13.2 Å². The standard InChI is InChI=1S/C17H24F3N/c1-3-16(4-2,12-21-15-8-9-15)11-13-6-5-7-14(10-13)17(18,19)20/h5-7,10,15,21H,3-4,8-9,11-12H2,1-2H3. The zero-order valence-electron chi connectivity index (χ0n) is 12.8.